The minimum Gasteiger partial charge on any atom is -0.441 e. The van der Waals surface area contributed by atoms with Crippen molar-refractivity contribution in [3.8, 4) is 11.5 Å². The fourth-order valence-electron chi connectivity index (χ4n) is 1.11. The summed E-state index contributed by atoms with van der Waals surface area (Å²) in [6.07, 6.45) is 1.70. The molecule has 0 unspecified atom stereocenters. The second-order valence-electron chi connectivity index (χ2n) is 2.90. The van der Waals surface area contributed by atoms with Gasteiger partial charge in [-0.2, -0.15) is 0 Å². The van der Waals surface area contributed by atoms with Gasteiger partial charge < -0.3 is 10.2 Å². The third-order valence-corrected chi connectivity index (χ3v) is 1.78. The summed E-state index contributed by atoms with van der Waals surface area (Å²) in [5.41, 5.74) is 7.25. The van der Waals surface area contributed by atoms with Crippen LogP contribution in [0.2, 0.25) is 0 Å². The van der Waals surface area contributed by atoms with Crippen molar-refractivity contribution in [1.29, 1.82) is 0 Å². The normalized spacial score (nSPS) is 10.2. The van der Waals surface area contributed by atoms with Crippen LogP contribution in [-0.4, -0.2) is 4.98 Å². The standard InChI is InChI=1S/C10H10N2O/c1-7-6-12-10(13-7)8-2-4-9(11)5-3-8/h2-6H,11H2,1H3. The number of anilines is 1. The summed E-state index contributed by atoms with van der Waals surface area (Å²) in [5.74, 6) is 1.45. The first-order valence-corrected chi connectivity index (χ1v) is 4.04. The third-order valence-electron chi connectivity index (χ3n) is 1.78. The number of hydrogen-bond acceptors (Lipinski definition) is 3. The van der Waals surface area contributed by atoms with E-state index in [0.717, 1.165) is 17.0 Å². The van der Waals surface area contributed by atoms with Crippen molar-refractivity contribution in [3.63, 3.8) is 0 Å². The molecule has 1 aromatic heterocycles. The maximum Gasteiger partial charge on any atom is 0.226 e. The van der Waals surface area contributed by atoms with Gasteiger partial charge in [-0.25, -0.2) is 4.98 Å². The molecule has 0 saturated heterocycles. The van der Waals surface area contributed by atoms with Crippen LogP contribution in [0.25, 0.3) is 11.5 Å². The van der Waals surface area contributed by atoms with Crippen molar-refractivity contribution in [2.75, 3.05) is 5.73 Å². The van der Waals surface area contributed by atoms with Gasteiger partial charge in [-0.1, -0.05) is 0 Å². The second kappa shape index (κ2) is 2.94. The first-order valence-electron chi connectivity index (χ1n) is 4.04. The van der Waals surface area contributed by atoms with Crippen LogP contribution in [0.5, 0.6) is 0 Å². The zero-order chi connectivity index (χ0) is 9.26. The SMILES string of the molecule is Cc1cnc(-c2ccc(N)cc2)o1. The van der Waals surface area contributed by atoms with Gasteiger partial charge >= 0.3 is 0 Å². The van der Waals surface area contributed by atoms with Gasteiger partial charge in [-0.3, -0.25) is 0 Å². The number of nitrogens with two attached hydrogens (primary N) is 1. The number of rotatable bonds is 1. The molecule has 0 aliphatic carbocycles. The van der Waals surface area contributed by atoms with Crippen LogP contribution in [0.3, 0.4) is 0 Å². The van der Waals surface area contributed by atoms with E-state index in [9.17, 15) is 0 Å². The van der Waals surface area contributed by atoms with Crippen LogP contribution in [-0.2, 0) is 0 Å². The van der Waals surface area contributed by atoms with Crippen molar-refractivity contribution in [2.24, 2.45) is 0 Å². The molecule has 0 aliphatic heterocycles. The molecule has 2 rings (SSSR count). The van der Waals surface area contributed by atoms with Crippen LogP contribution >= 0.6 is 0 Å². The van der Waals surface area contributed by atoms with Gasteiger partial charge in [0.2, 0.25) is 5.89 Å². The third kappa shape index (κ3) is 1.54. The lowest BCUT2D eigenvalue weighted by atomic mass is 10.2. The summed E-state index contributed by atoms with van der Waals surface area (Å²) >= 11 is 0. The molecule has 0 spiro atoms. The average molecular weight is 174 g/mol. The van der Waals surface area contributed by atoms with Gasteiger partial charge in [0.1, 0.15) is 5.76 Å². The molecule has 0 atom stereocenters. The topological polar surface area (TPSA) is 52.0 Å². The van der Waals surface area contributed by atoms with Crippen molar-refractivity contribution in [2.45, 2.75) is 6.92 Å². The smallest absolute Gasteiger partial charge is 0.226 e. The molecule has 0 amide bonds. The molecular weight excluding hydrogens is 164 g/mol. The van der Waals surface area contributed by atoms with Crippen LogP contribution in [0.15, 0.2) is 34.9 Å². The van der Waals surface area contributed by atoms with E-state index in [1.807, 2.05) is 31.2 Å². The summed E-state index contributed by atoms with van der Waals surface area (Å²) in [4.78, 5) is 4.11. The van der Waals surface area contributed by atoms with E-state index in [-0.39, 0.29) is 0 Å². The lowest BCUT2D eigenvalue weighted by molar-refractivity contribution is 0.542. The van der Waals surface area contributed by atoms with Gasteiger partial charge in [0.25, 0.3) is 0 Å². The van der Waals surface area contributed by atoms with E-state index < -0.39 is 0 Å². The van der Waals surface area contributed by atoms with Crippen molar-refractivity contribution < 1.29 is 4.42 Å². The van der Waals surface area contributed by atoms with E-state index in [4.69, 9.17) is 10.2 Å². The Morgan fingerprint density at radius 1 is 1.23 bits per heavy atom. The molecule has 3 nitrogen and oxygen atoms in total. The quantitative estimate of drug-likeness (QED) is 0.674. The summed E-state index contributed by atoms with van der Waals surface area (Å²) in [5, 5.41) is 0. The minimum absolute atomic E-state index is 0.637. The Morgan fingerprint density at radius 3 is 2.46 bits per heavy atom. The Hall–Kier alpha value is -1.77. The molecule has 1 aromatic carbocycles. The van der Waals surface area contributed by atoms with Crippen LogP contribution in [0, 0.1) is 6.92 Å². The van der Waals surface area contributed by atoms with Crippen LogP contribution in [0.4, 0.5) is 5.69 Å². The van der Waals surface area contributed by atoms with Crippen molar-refractivity contribution in [3.05, 3.63) is 36.2 Å². The number of hydrogen-bond donors (Lipinski definition) is 1. The molecule has 2 N–H and O–H groups in total. The minimum atomic E-state index is 0.637. The molecule has 3 heteroatoms. The number of aromatic nitrogens is 1. The molecule has 0 radical (unpaired) electrons. The highest BCUT2D eigenvalue weighted by molar-refractivity contribution is 5.57. The molecule has 0 aliphatic rings. The monoisotopic (exact) mass is 174 g/mol. The Morgan fingerprint density at radius 2 is 1.92 bits per heavy atom. The summed E-state index contributed by atoms with van der Waals surface area (Å²) in [6.45, 7) is 1.87. The van der Waals surface area contributed by atoms with E-state index in [2.05, 4.69) is 4.98 Å². The Labute approximate surface area is 76.2 Å². The van der Waals surface area contributed by atoms with E-state index in [1.54, 1.807) is 6.20 Å². The largest absolute Gasteiger partial charge is 0.441 e. The number of nitrogen functional groups attached to an aromatic ring is 1. The second-order valence-corrected chi connectivity index (χ2v) is 2.90. The number of oxazole rings is 1. The summed E-state index contributed by atoms with van der Waals surface area (Å²) in [7, 11) is 0. The number of nitrogens with zero attached hydrogens (tertiary/aromatic N) is 1. The lowest BCUT2D eigenvalue weighted by Crippen LogP contribution is -1.83. The fraction of sp³-hybridized carbons (Fsp3) is 0.100. The van der Waals surface area contributed by atoms with Gasteiger partial charge in [-0.15, -0.1) is 0 Å². The van der Waals surface area contributed by atoms with Gasteiger partial charge in [-0.05, 0) is 31.2 Å². The van der Waals surface area contributed by atoms with E-state index in [0.29, 0.717) is 5.89 Å². The van der Waals surface area contributed by atoms with Crippen LogP contribution < -0.4 is 5.73 Å². The zero-order valence-corrected chi connectivity index (χ0v) is 7.32. The molecule has 0 saturated carbocycles. The Bertz CT molecular complexity index is 403. The van der Waals surface area contributed by atoms with Crippen molar-refractivity contribution in [1.82, 2.24) is 4.98 Å². The molecular formula is C10H10N2O. The van der Waals surface area contributed by atoms with Gasteiger partial charge in [0.15, 0.2) is 0 Å². The highest BCUT2D eigenvalue weighted by Gasteiger charge is 2.02. The Balaban J connectivity index is 2.41. The predicted molar refractivity (Wildman–Crippen MR) is 51.1 cm³/mol. The van der Waals surface area contributed by atoms with Crippen LogP contribution in [0.1, 0.15) is 5.76 Å². The molecule has 0 bridgehead atoms. The highest BCUT2D eigenvalue weighted by atomic mass is 16.4. The number of aryl methyl sites for hydroxylation is 1. The summed E-state index contributed by atoms with van der Waals surface area (Å²) in [6, 6.07) is 7.44. The van der Waals surface area contributed by atoms with Gasteiger partial charge in [0.05, 0.1) is 6.20 Å². The zero-order valence-electron chi connectivity index (χ0n) is 7.32. The van der Waals surface area contributed by atoms with Gasteiger partial charge in [0, 0.05) is 11.3 Å². The number of benzene rings is 1. The van der Waals surface area contributed by atoms with E-state index >= 15 is 0 Å². The lowest BCUT2D eigenvalue weighted by Gasteiger charge is -1.95. The highest BCUT2D eigenvalue weighted by Crippen LogP contribution is 2.19. The fourth-order valence-corrected chi connectivity index (χ4v) is 1.11. The maximum atomic E-state index is 5.56. The average Bonchev–Trinajstić information content (AvgIpc) is 2.53. The first-order chi connectivity index (χ1) is 6.25. The van der Waals surface area contributed by atoms with E-state index in [1.165, 1.54) is 0 Å². The molecule has 13 heavy (non-hydrogen) atoms. The first kappa shape index (κ1) is 7.86. The molecule has 0 fully saturated rings. The maximum absolute atomic E-state index is 5.56. The molecule has 2 aromatic rings. The predicted octanol–water partition coefficient (Wildman–Crippen LogP) is 2.23. The summed E-state index contributed by atoms with van der Waals surface area (Å²) < 4.78 is 5.36. The van der Waals surface area contributed by atoms with Crippen molar-refractivity contribution >= 4 is 5.69 Å². The molecule has 66 valence electrons. The molecule has 1 heterocycles. The Kier molecular flexibility index (Phi) is 1.77.